The number of hydrogen-bond acceptors (Lipinski definition) is 1. The molecule has 0 aliphatic carbocycles. The summed E-state index contributed by atoms with van der Waals surface area (Å²) in [5.74, 6) is 0. The minimum absolute atomic E-state index is 0.625. The van der Waals surface area contributed by atoms with Crippen LogP contribution in [-0.2, 0) is 0 Å². The topological polar surface area (TPSA) is 28.7 Å². The van der Waals surface area contributed by atoms with E-state index in [1.165, 1.54) is 54.6 Å². The summed E-state index contributed by atoms with van der Waals surface area (Å²) in [6.45, 7) is 0. The summed E-state index contributed by atoms with van der Waals surface area (Å²) in [6.07, 6.45) is 0. The van der Waals surface area contributed by atoms with Gasteiger partial charge in [-0.05, 0) is 84.8 Å². The van der Waals surface area contributed by atoms with Crippen molar-refractivity contribution in [1.29, 1.82) is 5.26 Å². The molecule has 0 saturated carbocycles. The second-order valence-corrected chi connectivity index (χ2v) is 13.5. The molecule has 0 aliphatic heterocycles. The minimum Gasteiger partial charge on any atom is -0.309 e. The molecule has 0 N–H and O–H groups in total. The van der Waals surface area contributed by atoms with Crippen LogP contribution in [0.2, 0.25) is 0 Å². The van der Waals surface area contributed by atoms with Gasteiger partial charge in [0.25, 0.3) is 0 Å². The normalized spacial score (nSPS) is 11.4. The smallest absolute Gasteiger partial charge is 0.0992 e. The molecule has 1 heterocycles. The zero-order chi connectivity index (χ0) is 35.3. The van der Waals surface area contributed by atoms with Gasteiger partial charge in [-0.25, -0.2) is 0 Å². The Morgan fingerprint density at radius 1 is 0.340 bits per heavy atom. The molecule has 10 aromatic rings. The van der Waals surface area contributed by atoms with Crippen molar-refractivity contribution in [1.82, 2.24) is 4.57 Å². The third-order valence-electron chi connectivity index (χ3n) is 10.6. The van der Waals surface area contributed by atoms with E-state index in [2.05, 4.69) is 193 Å². The first-order chi connectivity index (χ1) is 26.3. The van der Waals surface area contributed by atoms with Crippen molar-refractivity contribution in [2.75, 3.05) is 0 Å². The van der Waals surface area contributed by atoms with Gasteiger partial charge in [-0.2, -0.15) is 5.26 Å². The molecule has 0 radical (unpaired) electrons. The number of hydrogen-bond donors (Lipinski definition) is 0. The Hall–Kier alpha value is -7.21. The highest BCUT2D eigenvalue weighted by Crippen LogP contribution is 2.48. The van der Waals surface area contributed by atoms with Crippen LogP contribution in [0.4, 0.5) is 0 Å². The van der Waals surface area contributed by atoms with E-state index in [0.29, 0.717) is 5.56 Å². The molecule has 2 nitrogen and oxygen atoms in total. The van der Waals surface area contributed by atoms with Gasteiger partial charge in [-0.15, -0.1) is 0 Å². The molecule has 0 spiro atoms. The first kappa shape index (κ1) is 30.6. The Morgan fingerprint density at radius 2 is 0.755 bits per heavy atom. The van der Waals surface area contributed by atoms with Gasteiger partial charge in [0.1, 0.15) is 0 Å². The summed E-state index contributed by atoms with van der Waals surface area (Å²) in [5, 5.41) is 17.4. The fourth-order valence-corrected chi connectivity index (χ4v) is 8.42. The third-order valence-corrected chi connectivity index (χ3v) is 10.6. The predicted octanol–water partition coefficient (Wildman–Crippen LogP) is 13.6. The molecule has 246 valence electrons. The van der Waals surface area contributed by atoms with Crippen LogP contribution in [0.15, 0.2) is 194 Å². The Balaban J connectivity index is 1.26. The van der Waals surface area contributed by atoms with Crippen molar-refractivity contribution in [3.63, 3.8) is 0 Å². The van der Waals surface area contributed by atoms with Crippen LogP contribution in [0.3, 0.4) is 0 Å². The summed E-state index contributed by atoms with van der Waals surface area (Å²) in [7, 11) is 0. The van der Waals surface area contributed by atoms with Crippen molar-refractivity contribution in [2.45, 2.75) is 0 Å². The van der Waals surface area contributed by atoms with Crippen LogP contribution in [-0.4, -0.2) is 4.57 Å². The number of aromatic nitrogens is 1. The molecular weight excluding hydrogens is 641 g/mol. The highest BCUT2D eigenvalue weighted by Gasteiger charge is 2.22. The summed E-state index contributed by atoms with van der Waals surface area (Å²) in [6, 6.07) is 71.6. The standard InChI is InChI=1S/C51H32N2/c52-33-34-30-31-41(49(32-34)53-47-28-14-12-21-39(47)40-22-13-15-29-48(40)53)37-19-5-4-18-36(37)38-20-6-7-23-42(38)51-45-26-10-8-24-43(45)50(35-16-2-1-3-17-35)44-25-9-11-27-46(44)51/h1-32H. The lowest BCUT2D eigenvalue weighted by atomic mass is 9.82. The Bertz CT molecular complexity index is 2960. The van der Waals surface area contributed by atoms with Gasteiger partial charge in [0.15, 0.2) is 0 Å². The molecule has 1 aromatic heterocycles. The largest absolute Gasteiger partial charge is 0.309 e. The van der Waals surface area contributed by atoms with E-state index in [1.807, 2.05) is 12.1 Å². The summed E-state index contributed by atoms with van der Waals surface area (Å²) in [4.78, 5) is 0. The fourth-order valence-electron chi connectivity index (χ4n) is 8.42. The second-order valence-electron chi connectivity index (χ2n) is 13.5. The summed E-state index contributed by atoms with van der Waals surface area (Å²) in [5.41, 5.74) is 13.2. The molecule has 0 fully saturated rings. The highest BCUT2D eigenvalue weighted by atomic mass is 15.0. The number of rotatable bonds is 5. The second kappa shape index (κ2) is 12.5. The van der Waals surface area contributed by atoms with Crippen molar-refractivity contribution in [2.24, 2.45) is 0 Å². The summed E-state index contributed by atoms with van der Waals surface area (Å²) < 4.78 is 2.33. The molecule has 10 rings (SSSR count). The SMILES string of the molecule is N#Cc1ccc(-c2ccccc2-c2ccccc2-c2c3ccccc3c(-c3ccccc3)c3ccccc23)c(-n2c3ccccc3c3ccccc32)c1. The van der Waals surface area contributed by atoms with E-state index in [0.717, 1.165) is 39.0 Å². The highest BCUT2D eigenvalue weighted by molar-refractivity contribution is 6.22. The Morgan fingerprint density at radius 3 is 1.30 bits per heavy atom. The molecule has 53 heavy (non-hydrogen) atoms. The fraction of sp³-hybridized carbons (Fsp3) is 0. The maximum atomic E-state index is 10.1. The van der Waals surface area contributed by atoms with Gasteiger partial charge in [-0.3, -0.25) is 0 Å². The predicted molar refractivity (Wildman–Crippen MR) is 222 cm³/mol. The van der Waals surface area contributed by atoms with Crippen LogP contribution >= 0.6 is 0 Å². The quantitative estimate of drug-likeness (QED) is 0.167. The van der Waals surface area contributed by atoms with Gasteiger partial charge in [-0.1, -0.05) is 170 Å². The average Bonchev–Trinajstić information content (AvgIpc) is 3.57. The number of nitrogens with zero attached hydrogens (tertiary/aromatic N) is 2. The van der Waals surface area contributed by atoms with Crippen LogP contribution in [0.25, 0.3) is 93.5 Å². The van der Waals surface area contributed by atoms with Crippen molar-refractivity contribution in [3.05, 3.63) is 200 Å². The van der Waals surface area contributed by atoms with Crippen LogP contribution in [0.1, 0.15) is 5.56 Å². The summed E-state index contributed by atoms with van der Waals surface area (Å²) >= 11 is 0. The van der Waals surface area contributed by atoms with Gasteiger partial charge in [0, 0.05) is 16.3 Å². The molecule has 0 aliphatic rings. The molecule has 0 unspecified atom stereocenters. The van der Waals surface area contributed by atoms with Crippen molar-refractivity contribution < 1.29 is 0 Å². The van der Waals surface area contributed by atoms with Crippen molar-refractivity contribution in [3.8, 4) is 56.3 Å². The lowest BCUT2D eigenvalue weighted by Gasteiger charge is -2.21. The molecule has 0 bridgehead atoms. The first-order valence-electron chi connectivity index (χ1n) is 18.0. The average molecular weight is 673 g/mol. The van der Waals surface area contributed by atoms with Crippen LogP contribution < -0.4 is 0 Å². The number of nitriles is 1. The van der Waals surface area contributed by atoms with E-state index in [9.17, 15) is 5.26 Å². The van der Waals surface area contributed by atoms with E-state index < -0.39 is 0 Å². The third kappa shape index (κ3) is 4.87. The van der Waals surface area contributed by atoms with Crippen LogP contribution in [0.5, 0.6) is 0 Å². The first-order valence-corrected chi connectivity index (χ1v) is 18.0. The Labute approximate surface area is 308 Å². The van der Waals surface area contributed by atoms with Gasteiger partial charge in [0.05, 0.1) is 28.4 Å². The minimum atomic E-state index is 0.625. The van der Waals surface area contributed by atoms with E-state index in [1.54, 1.807) is 0 Å². The zero-order valence-electron chi connectivity index (χ0n) is 28.9. The molecule has 0 saturated heterocycles. The van der Waals surface area contributed by atoms with Crippen molar-refractivity contribution >= 4 is 43.4 Å². The van der Waals surface area contributed by atoms with E-state index >= 15 is 0 Å². The lowest BCUT2D eigenvalue weighted by Crippen LogP contribution is -1.99. The van der Waals surface area contributed by atoms with Gasteiger partial charge < -0.3 is 4.57 Å². The lowest BCUT2D eigenvalue weighted by molar-refractivity contribution is 1.18. The zero-order valence-corrected chi connectivity index (χ0v) is 28.9. The molecule has 9 aromatic carbocycles. The van der Waals surface area contributed by atoms with E-state index in [4.69, 9.17) is 0 Å². The number of fused-ring (bicyclic) bond motifs is 5. The monoisotopic (exact) mass is 672 g/mol. The molecular formula is C51H32N2. The number of benzene rings is 9. The van der Waals surface area contributed by atoms with Crippen LogP contribution in [0, 0.1) is 11.3 Å². The van der Waals surface area contributed by atoms with Gasteiger partial charge in [0.2, 0.25) is 0 Å². The maximum absolute atomic E-state index is 10.1. The molecule has 0 atom stereocenters. The maximum Gasteiger partial charge on any atom is 0.0992 e. The molecule has 0 amide bonds. The Kier molecular flexibility index (Phi) is 7.23. The molecule has 2 heteroatoms. The van der Waals surface area contributed by atoms with Gasteiger partial charge >= 0.3 is 0 Å². The number of para-hydroxylation sites is 2. The van der Waals surface area contributed by atoms with E-state index in [-0.39, 0.29) is 0 Å².